The lowest BCUT2D eigenvalue weighted by molar-refractivity contribution is -0.144. The number of phenolic OH excluding ortho intramolecular Hbond substituents is 2. The summed E-state index contributed by atoms with van der Waals surface area (Å²) in [6, 6.07) is 28.0. The van der Waals surface area contributed by atoms with Gasteiger partial charge in [-0.15, -0.1) is 11.3 Å². The molecule has 0 aliphatic carbocycles. The molecule has 1 fully saturated rings. The van der Waals surface area contributed by atoms with Gasteiger partial charge in [-0.2, -0.15) is 0 Å². The van der Waals surface area contributed by atoms with E-state index in [1.165, 1.54) is 4.90 Å². The summed E-state index contributed by atoms with van der Waals surface area (Å²) in [5.74, 6) is -0.236. The quantitative estimate of drug-likeness (QED) is 0.0360. The van der Waals surface area contributed by atoms with Crippen molar-refractivity contribution < 1.29 is 44.0 Å². The van der Waals surface area contributed by atoms with Crippen LogP contribution in [-0.2, 0) is 30.5 Å². The number of carbonyl (C=O) groups is 4. The molecule has 1 aliphatic heterocycles. The molecule has 0 saturated carbocycles. The smallest absolute Gasteiger partial charge is 0.246 e. The van der Waals surface area contributed by atoms with Crippen LogP contribution in [0.4, 0.5) is 0 Å². The first kappa shape index (κ1) is 51.8. The number of allylic oxidation sites excluding steroid dienone is 1. The Morgan fingerprint density at radius 1 is 0.855 bits per heavy atom. The third kappa shape index (κ3) is 14.3. The molecule has 5 aromatic rings. The second-order valence-corrected chi connectivity index (χ2v) is 19.3. The van der Waals surface area contributed by atoms with Gasteiger partial charge < -0.3 is 45.2 Å². The Balaban J connectivity index is 0.908. The predicted octanol–water partition coefficient (Wildman–Crippen LogP) is 7.73. The van der Waals surface area contributed by atoms with Crippen LogP contribution in [0.25, 0.3) is 21.6 Å². The van der Waals surface area contributed by atoms with Gasteiger partial charge >= 0.3 is 0 Å². The van der Waals surface area contributed by atoms with Crippen LogP contribution in [0.15, 0.2) is 103 Å². The maximum atomic E-state index is 14.0. The van der Waals surface area contributed by atoms with Crippen LogP contribution in [-0.4, -0.2) is 112 Å². The van der Waals surface area contributed by atoms with Crippen LogP contribution < -0.4 is 15.4 Å². The van der Waals surface area contributed by atoms with E-state index in [4.69, 9.17) is 9.47 Å². The number of likely N-dealkylation sites (N-methyl/N-ethyl adjacent to an activating group) is 1. The minimum absolute atomic E-state index is 0.0161. The normalized spacial score (nSPS) is 15.6. The number of aryl methyl sites for hydroxylation is 1. The number of carbonyl (C=O) groups excluding carboxylic acids is 4. The Kier molecular flexibility index (Phi) is 18.1. The molecular formula is C54H65N5O9S. The van der Waals surface area contributed by atoms with Gasteiger partial charge in [0.05, 0.1) is 41.8 Å². The van der Waals surface area contributed by atoms with Crippen molar-refractivity contribution >= 4 is 46.1 Å². The molecule has 0 bridgehead atoms. The van der Waals surface area contributed by atoms with E-state index in [0.717, 1.165) is 56.0 Å². The van der Waals surface area contributed by atoms with Crippen molar-refractivity contribution in [2.75, 3.05) is 40.0 Å². The largest absolute Gasteiger partial charge is 0.508 e. The van der Waals surface area contributed by atoms with Gasteiger partial charge in [0, 0.05) is 39.6 Å². The van der Waals surface area contributed by atoms with Crippen molar-refractivity contribution in [3.63, 3.8) is 0 Å². The minimum Gasteiger partial charge on any atom is -0.508 e. The molecule has 14 nitrogen and oxygen atoms in total. The highest BCUT2D eigenvalue weighted by Gasteiger charge is 2.44. The fourth-order valence-corrected chi connectivity index (χ4v) is 9.09. The lowest BCUT2D eigenvalue weighted by Gasteiger charge is -2.35. The number of phenols is 2. The SMILES string of the molecule is CC/C(=C(\c1ccc(O)cc1)c1ccc(OCCN(C)C(=O)CCOCCCC(=O)N[C@H](C(=O)N2C[C@H](O)C[C@H]2C(=O)NCc2ccc(-c3scnc3C)cc2)C(C)(C)C)cc1)c1ccc(O)cc1. The first-order valence-corrected chi connectivity index (χ1v) is 24.3. The Hall–Kier alpha value is -6.55. The van der Waals surface area contributed by atoms with Crippen LogP contribution in [0.3, 0.4) is 0 Å². The number of aliphatic hydroxyl groups excluding tert-OH is 1. The first-order valence-electron chi connectivity index (χ1n) is 23.4. The molecule has 1 saturated heterocycles. The van der Waals surface area contributed by atoms with E-state index in [1.807, 2.05) is 106 Å². The lowest BCUT2D eigenvalue weighted by Crippen LogP contribution is -2.57. The Labute approximate surface area is 409 Å². The first-order chi connectivity index (χ1) is 33.0. The third-order valence-corrected chi connectivity index (χ3v) is 13.1. The molecule has 0 radical (unpaired) electrons. The van der Waals surface area contributed by atoms with Crippen molar-refractivity contribution in [2.24, 2.45) is 5.41 Å². The minimum atomic E-state index is -0.941. The summed E-state index contributed by atoms with van der Waals surface area (Å²) in [5.41, 5.74) is 8.98. The van der Waals surface area contributed by atoms with Crippen LogP contribution in [0.2, 0.25) is 0 Å². The van der Waals surface area contributed by atoms with Crippen LogP contribution in [0.1, 0.15) is 87.7 Å². The van der Waals surface area contributed by atoms with Crippen molar-refractivity contribution in [1.29, 1.82) is 0 Å². The number of aromatic hydroxyl groups is 2. The fourth-order valence-electron chi connectivity index (χ4n) is 8.27. The molecule has 3 atom stereocenters. The zero-order valence-corrected chi connectivity index (χ0v) is 41.2. The van der Waals surface area contributed by atoms with E-state index < -0.39 is 29.5 Å². The van der Waals surface area contributed by atoms with Gasteiger partial charge in [0.15, 0.2) is 0 Å². The van der Waals surface area contributed by atoms with Gasteiger partial charge in [-0.3, -0.25) is 19.2 Å². The van der Waals surface area contributed by atoms with Gasteiger partial charge in [0.1, 0.15) is 35.9 Å². The van der Waals surface area contributed by atoms with Gasteiger partial charge in [-0.25, -0.2) is 4.98 Å². The second-order valence-electron chi connectivity index (χ2n) is 18.4. The summed E-state index contributed by atoms with van der Waals surface area (Å²) in [5, 5.41) is 36.2. The van der Waals surface area contributed by atoms with E-state index in [2.05, 4.69) is 22.5 Å². The summed E-state index contributed by atoms with van der Waals surface area (Å²) in [6.07, 6.45) is 0.564. The van der Waals surface area contributed by atoms with Gasteiger partial charge in [-0.05, 0) is 101 Å². The lowest BCUT2D eigenvalue weighted by atomic mass is 9.85. The molecule has 4 amide bonds. The van der Waals surface area contributed by atoms with Crippen LogP contribution in [0, 0.1) is 12.3 Å². The standard InChI is InChI=1S/C54H65N5O9S/c1-7-45(37-14-20-41(60)21-15-37)49(38-16-22-42(61)23-17-38)39-18-24-44(25-19-39)68-30-27-58(6)48(64)26-29-67-28-8-9-47(63)57-51(54(3,4)5)53(66)59-33-43(62)31-46(59)52(65)55-32-36-10-12-40(13-11-36)50-35(2)56-34-69-50/h10-25,34,43,46,51,60-62H,7-9,26-33H2,1-6H3,(H,55,65)(H,57,63)/b49-45-/t43-,46+,51-/m1/s1. The number of aromatic nitrogens is 1. The molecule has 0 spiro atoms. The van der Waals surface area contributed by atoms with Crippen molar-refractivity contribution in [2.45, 2.75) is 91.5 Å². The number of amides is 4. The zero-order valence-electron chi connectivity index (χ0n) is 40.4. The molecule has 5 N–H and O–H groups in total. The van der Waals surface area contributed by atoms with Gasteiger partial charge in [0.25, 0.3) is 0 Å². The molecule has 0 unspecified atom stereocenters. The molecule has 366 valence electrons. The number of hydrogen-bond acceptors (Lipinski definition) is 11. The number of likely N-dealkylation sites (tertiary alicyclic amines) is 1. The molecule has 6 rings (SSSR count). The zero-order chi connectivity index (χ0) is 49.7. The Morgan fingerprint density at radius 2 is 1.48 bits per heavy atom. The number of benzene rings is 4. The summed E-state index contributed by atoms with van der Waals surface area (Å²) < 4.78 is 11.7. The maximum Gasteiger partial charge on any atom is 0.246 e. The van der Waals surface area contributed by atoms with Crippen LogP contribution >= 0.6 is 11.3 Å². The van der Waals surface area contributed by atoms with Crippen molar-refractivity contribution in [1.82, 2.24) is 25.4 Å². The topological polar surface area (TPSA) is 191 Å². The van der Waals surface area contributed by atoms with Crippen molar-refractivity contribution in [3.8, 4) is 27.7 Å². The van der Waals surface area contributed by atoms with Gasteiger partial charge in [-0.1, -0.05) is 88.4 Å². The number of nitrogens with one attached hydrogen (secondary N) is 2. The highest BCUT2D eigenvalue weighted by atomic mass is 32.1. The monoisotopic (exact) mass is 959 g/mol. The second kappa shape index (κ2) is 24.1. The number of rotatable bonds is 21. The summed E-state index contributed by atoms with van der Waals surface area (Å²) in [7, 11) is 1.71. The van der Waals surface area contributed by atoms with Crippen molar-refractivity contribution in [3.05, 3.63) is 131 Å². The summed E-state index contributed by atoms with van der Waals surface area (Å²) in [6.45, 7) is 10.9. The molecule has 4 aromatic carbocycles. The van der Waals surface area contributed by atoms with E-state index in [-0.39, 0.29) is 81.4 Å². The summed E-state index contributed by atoms with van der Waals surface area (Å²) >= 11 is 1.57. The molecular weight excluding hydrogens is 895 g/mol. The number of hydrogen-bond donors (Lipinski definition) is 5. The highest BCUT2D eigenvalue weighted by Crippen LogP contribution is 2.36. The van der Waals surface area contributed by atoms with E-state index in [1.54, 1.807) is 47.5 Å². The van der Waals surface area contributed by atoms with Crippen LogP contribution in [0.5, 0.6) is 17.2 Å². The van der Waals surface area contributed by atoms with E-state index in [0.29, 0.717) is 18.7 Å². The highest BCUT2D eigenvalue weighted by molar-refractivity contribution is 7.13. The molecule has 1 aliphatic rings. The molecule has 1 aromatic heterocycles. The third-order valence-electron chi connectivity index (χ3n) is 12.2. The average molecular weight is 960 g/mol. The molecule has 2 heterocycles. The van der Waals surface area contributed by atoms with Gasteiger partial charge in [0.2, 0.25) is 23.6 Å². The average Bonchev–Trinajstić information content (AvgIpc) is 3.95. The van der Waals surface area contributed by atoms with E-state index in [9.17, 15) is 34.5 Å². The van der Waals surface area contributed by atoms with E-state index >= 15 is 0 Å². The number of ether oxygens (including phenoxy) is 2. The molecule has 15 heteroatoms. The summed E-state index contributed by atoms with van der Waals surface area (Å²) in [4.78, 5) is 61.9. The Morgan fingerprint density at radius 3 is 2.07 bits per heavy atom. The number of thiazole rings is 1. The predicted molar refractivity (Wildman–Crippen MR) is 268 cm³/mol. The molecule has 69 heavy (non-hydrogen) atoms. The number of β-amino-alcohol motifs (C(OH)–C–C–N with tert-alkyl or cyclic N) is 1. The maximum absolute atomic E-state index is 14.0. The Bertz CT molecular complexity index is 2540. The number of aliphatic hydroxyl groups is 1. The fraction of sp³-hybridized carbons (Fsp3) is 0.389. The number of nitrogens with zero attached hydrogens (tertiary/aromatic N) is 3.